The van der Waals surface area contributed by atoms with Gasteiger partial charge in [-0.25, -0.2) is 0 Å². The number of hydrogen-bond donors (Lipinski definition) is 1. The Morgan fingerprint density at radius 2 is 1.90 bits per heavy atom. The Kier molecular flexibility index (Phi) is 7.69. The largest absolute Gasteiger partial charge is 0.481 e. The number of aliphatic carboxylic acids is 1. The Labute approximate surface area is 131 Å². The average molecular weight is 360 g/mol. The molecule has 1 amide bonds. The maximum Gasteiger partial charge on any atom is 0.303 e. The summed E-state index contributed by atoms with van der Waals surface area (Å²) in [5.74, 6) is -0.0411. The van der Waals surface area contributed by atoms with Gasteiger partial charge >= 0.3 is 5.97 Å². The molecule has 0 saturated heterocycles. The molecule has 4 nitrogen and oxygen atoms in total. The van der Waals surface area contributed by atoms with Crippen molar-refractivity contribution in [3.8, 4) is 0 Å². The molecule has 0 spiro atoms. The van der Waals surface area contributed by atoms with Gasteiger partial charge in [-0.1, -0.05) is 15.9 Å². The third-order valence-corrected chi connectivity index (χ3v) is 4.25. The minimum atomic E-state index is -0.823. The zero-order chi connectivity index (χ0) is 15.0. The van der Waals surface area contributed by atoms with E-state index in [9.17, 15) is 9.59 Å². The number of hydrogen-bond acceptors (Lipinski definition) is 3. The highest BCUT2D eigenvalue weighted by Crippen LogP contribution is 2.21. The van der Waals surface area contributed by atoms with E-state index >= 15 is 0 Å². The number of rotatable bonds is 8. The average Bonchev–Trinajstić information content (AvgIpc) is 2.40. The molecule has 0 bridgehead atoms. The number of carbonyl (C=O) groups is 2. The van der Waals surface area contributed by atoms with Gasteiger partial charge in [-0.3, -0.25) is 9.59 Å². The topological polar surface area (TPSA) is 57.6 Å². The van der Waals surface area contributed by atoms with Crippen LogP contribution in [-0.2, 0) is 9.59 Å². The number of halogens is 1. The Morgan fingerprint density at radius 3 is 2.50 bits per heavy atom. The van der Waals surface area contributed by atoms with Crippen LogP contribution in [-0.4, -0.2) is 41.2 Å². The standard InChI is InChI=1S/C14H18BrNO3S/c1-16(9-2-3-14(18)19)13(17)8-10-20-12-6-4-11(15)5-7-12/h4-7H,2-3,8-10H2,1H3,(H,18,19). The molecule has 0 radical (unpaired) electrons. The van der Waals surface area contributed by atoms with Gasteiger partial charge in [0.2, 0.25) is 5.91 Å². The lowest BCUT2D eigenvalue weighted by atomic mass is 10.3. The highest BCUT2D eigenvalue weighted by molar-refractivity contribution is 9.10. The van der Waals surface area contributed by atoms with E-state index in [0.717, 1.165) is 15.1 Å². The van der Waals surface area contributed by atoms with Gasteiger partial charge in [-0.05, 0) is 30.7 Å². The summed E-state index contributed by atoms with van der Waals surface area (Å²) in [4.78, 5) is 25.0. The summed E-state index contributed by atoms with van der Waals surface area (Å²) in [6, 6.07) is 7.97. The third kappa shape index (κ3) is 6.96. The summed E-state index contributed by atoms with van der Waals surface area (Å²) < 4.78 is 1.04. The first-order valence-electron chi connectivity index (χ1n) is 6.33. The zero-order valence-corrected chi connectivity index (χ0v) is 13.7. The number of carboxylic acid groups (broad SMARTS) is 1. The molecule has 1 aromatic rings. The first kappa shape index (κ1) is 17.0. The number of carbonyl (C=O) groups excluding carboxylic acids is 1. The molecule has 0 aromatic heterocycles. The van der Waals surface area contributed by atoms with E-state index in [4.69, 9.17) is 5.11 Å². The van der Waals surface area contributed by atoms with E-state index < -0.39 is 5.97 Å². The van der Waals surface area contributed by atoms with Gasteiger partial charge in [-0.15, -0.1) is 11.8 Å². The summed E-state index contributed by atoms with van der Waals surface area (Å²) in [6.45, 7) is 0.494. The van der Waals surface area contributed by atoms with Crippen LogP contribution in [0.4, 0.5) is 0 Å². The van der Waals surface area contributed by atoms with E-state index in [1.165, 1.54) is 0 Å². The summed E-state index contributed by atoms with van der Waals surface area (Å²) >= 11 is 5.02. The molecular formula is C14H18BrNO3S. The molecule has 110 valence electrons. The molecule has 0 aliphatic rings. The van der Waals surface area contributed by atoms with Crippen molar-refractivity contribution >= 4 is 39.6 Å². The predicted molar refractivity (Wildman–Crippen MR) is 84.0 cm³/mol. The molecule has 0 saturated carbocycles. The second-order valence-corrected chi connectivity index (χ2v) is 6.45. The van der Waals surface area contributed by atoms with Gasteiger partial charge < -0.3 is 10.0 Å². The van der Waals surface area contributed by atoms with Crippen molar-refractivity contribution in [1.82, 2.24) is 4.90 Å². The van der Waals surface area contributed by atoms with Gasteiger partial charge in [0.15, 0.2) is 0 Å². The second kappa shape index (κ2) is 9.02. The van der Waals surface area contributed by atoms with Gasteiger partial charge in [0.1, 0.15) is 0 Å². The first-order chi connectivity index (χ1) is 9.49. The molecule has 0 heterocycles. The lowest BCUT2D eigenvalue weighted by molar-refractivity contribution is -0.138. The highest BCUT2D eigenvalue weighted by Gasteiger charge is 2.09. The summed E-state index contributed by atoms with van der Waals surface area (Å²) in [5.41, 5.74) is 0. The Morgan fingerprint density at radius 1 is 1.25 bits per heavy atom. The normalized spacial score (nSPS) is 10.3. The molecule has 0 atom stereocenters. The number of nitrogens with zero attached hydrogens (tertiary/aromatic N) is 1. The maximum absolute atomic E-state index is 11.8. The molecule has 0 aliphatic heterocycles. The number of benzene rings is 1. The van der Waals surface area contributed by atoms with E-state index in [1.54, 1.807) is 23.7 Å². The lowest BCUT2D eigenvalue weighted by Gasteiger charge is -2.16. The van der Waals surface area contributed by atoms with Gasteiger partial charge in [0, 0.05) is 41.6 Å². The maximum atomic E-state index is 11.8. The molecule has 1 N–H and O–H groups in total. The Hall–Kier alpha value is -1.01. The Balaban J connectivity index is 2.21. The van der Waals surface area contributed by atoms with Crippen molar-refractivity contribution in [3.05, 3.63) is 28.7 Å². The SMILES string of the molecule is CN(CCCC(=O)O)C(=O)CCSc1ccc(Br)cc1. The van der Waals surface area contributed by atoms with Crippen molar-refractivity contribution in [2.45, 2.75) is 24.2 Å². The molecule has 0 unspecified atom stereocenters. The van der Waals surface area contributed by atoms with Crippen molar-refractivity contribution in [1.29, 1.82) is 0 Å². The second-order valence-electron chi connectivity index (χ2n) is 4.36. The molecule has 0 fully saturated rings. The van der Waals surface area contributed by atoms with E-state index in [1.807, 2.05) is 24.3 Å². The molecule has 6 heteroatoms. The van der Waals surface area contributed by atoms with Crippen molar-refractivity contribution in [3.63, 3.8) is 0 Å². The van der Waals surface area contributed by atoms with Crippen LogP contribution in [0, 0.1) is 0 Å². The zero-order valence-electron chi connectivity index (χ0n) is 11.3. The summed E-state index contributed by atoms with van der Waals surface area (Å²) in [6.07, 6.45) is 1.06. The Bertz CT molecular complexity index is 450. The van der Waals surface area contributed by atoms with Crippen LogP contribution in [0.5, 0.6) is 0 Å². The van der Waals surface area contributed by atoms with E-state index in [-0.39, 0.29) is 12.3 Å². The van der Waals surface area contributed by atoms with Crippen molar-refractivity contribution in [2.24, 2.45) is 0 Å². The van der Waals surface area contributed by atoms with Crippen LogP contribution in [0.15, 0.2) is 33.6 Å². The molecule has 1 aromatic carbocycles. The van der Waals surface area contributed by atoms with Crippen LogP contribution >= 0.6 is 27.7 Å². The van der Waals surface area contributed by atoms with Gasteiger partial charge in [-0.2, -0.15) is 0 Å². The van der Waals surface area contributed by atoms with Crippen LogP contribution in [0.2, 0.25) is 0 Å². The number of carboxylic acids is 1. The van der Waals surface area contributed by atoms with E-state index in [2.05, 4.69) is 15.9 Å². The monoisotopic (exact) mass is 359 g/mol. The third-order valence-electron chi connectivity index (χ3n) is 2.71. The van der Waals surface area contributed by atoms with Crippen LogP contribution < -0.4 is 0 Å². The van der Waals surface area contributed by atoms with Crippen molar-refractivity contribution < 1.29 is 14.7 Å². The van der Waals surface area contributed by atoms with Crippen LogP contribution in [0.1, 0.15) is 19.3 Å². The molecule has 1 rings (SSSR count). The fourth-order valence-electron chi connectivity index (χ4n) is 1.57. The minimum Gasteiger partial charge on any atom is -0.481 e. The van der Waals surface area contributed by atoms with Crippen LogP contribution in [0.25, 0.3) is 0 Å². The summed E-state index contributed by atoms with van der Waals surface area (Å²) in [7, 11) is 1.72. The number of amides is 1. The fourth-order valence-corrected chi connectivity index (χ4v) is 2.68. The lowest BCUT2D eigenvalue weighted by Crippen LogP contribution is -2.28. The molecular weight excluding hydrogens is 342 g/mol. The smallest absolute Gasteiger partial charge is 0.303 e. The van der Waals surface area contributed by atoms with Gasteiger partial charge in [0.25, 0.3) is 0 Å². The van der Waals surface area contributed by atoms with Crippen molar-refractivity contribution in [2.75, 3.05) is 19.3 Å². The molecule has 0 aliphatic carbocycles. The minimum absolute atomic E-state index is 0.0556. The predicted octanol–water partition coefficient (Wildman–Crippen LogP) is 3.25. The highest BCUT2D eigenvalue weighted by atomic mass is 79.9. The van der Waals surface area contributed by atoms with Crippen LogP contribution in [0.3, 0.4) is 0 Å². The summed E-state index contributed by atoms with van der Waals surface area (Å²) in [5, 5.41) is 8.54. The van der Waals surface area contributed by atoms with Gasteiger partial charge in [0.05, 0.1) is 0 Å². The van der Waals surface area contributed by atoms with E-state index in [0.29, 0.717) is 19.4 Å². The quantitative estimate of drug-likeness (QED) is 0.723. The first-order valence-corrected chi connectivity index (χ1v) is 8.11. The molecule has 20 heavy (non-hydrogen) atoms. The fraction of sp³-hybridized carbons (Fsp3) is 0.429. The number of thioether (sulfide) groups is 1.